The molecule has 2 aliphatic rings. The molecule has 1 amide bonds. The van der Waals surface area contributed by atoms with Crippen LogP contribution < -0.4 is 4.74 Å². The van der Waals surface area contributed by atoms with E-state index in [9.17, 15) is 18.0 Å². The lowest BCUT2D eigenvalue weighted by Gasteiger charge is -2.21. The van der Waals surface area contributed by atoms with Gasteiger partial charge in [0.1, 0.15) is 11.9 Å². The zero-order chi connectivity index (χ0) is 15.9. The van der Waals surface area contributed by atoms with Crippen LogP contribution in [0.3, 0.4) is 0 Å². The van der Waals surface area contributed by atoms with E-state index in [1.807, 2.05) is 0 Å². The third-order valence-electron chi connectivity index (χ3n) is 4.51. The van der Waals surface area contributed by atoms with E-state index in [1.165, 1.54) is 17.0 Å². The van der Waals surface area contributed by atoms with Crippen molar-refractivity contribution in [2.45, 2.75) is 25.1 Å². The molecule has 4 nitrogen and oxygen atoms in total. The van der Waals surface area contributed by atoms with E-state index >= 15 is 0 Å². The number of amides is 1. The Balaban J connectivity index is 1.70. The number of carbonyl (C=O) groups is 1. The molecular formula is C15H16F3NO3. The molecule has 3 rings (SSSR count). The Hall–Kier alpha value is -1.92. The summed E-state index contributed by atoms with van der Waals surface area (Å²) in [5.41, 5.74) is -0.738. The van der Waals surface area contributed by atoms with Crippen molar-refractivity contribution in [2.24, 2.45) is 11.8 Å². The zero-order valence-corrected chi connectivity index (χ0v) is 11.7. The standard InChI is InChI=1S/C15H16F3NO3/c16-15(17,18)10-2-1-3-11(6-10)22-13-5-4-9-7-19(14(20)21)8-12(9)13/h1-3,6,9,12-13H,4-5,7-8H2,(H,20,21)/t9-,12+,13-/m1/s1. The van der Waals surface area contributed by atoms with Gasteiger partial charge in [0.2, 0.25) is 0 Å². The molecule has 2 fully saturated rings. The van der Waals surface area contributed by atoms with Gasteiger partial charge in [-0.25, -0.2) is 4.79 Å². The molecule has 1 aliphatic heterocycles. The minimum absolute atomic E-state index is 0.0608. The van der Waals surface area contributed by atoms with E-state index in [2.05, 4.69) is 0 Å². The van der Waals surface area contributed by atoms with E-state index in [0.29, 0.717) is 13.1 Å². The van der Waals surface area contributed by atoms with E-state index in [4.69, 9.17) is 9.84 Å². The number of ether oxygens (including phenoxy) is 1. The van der Waals surface area contributed by atoms with Crippen LogP contribution in [-0.4, -0.2) is 35.3 Å². The van der Waals surface area contributed by atoms with Crippen molar-refractivity contribution in [3.05, 3.63) is 29.8 Å². The summed E-state index contributed by atoms with van der Waals surface area (Å²) in [5.74, 6) is 0.492. The van der Waals surface area contributed by atoms with Crippen molar-refractivity contribution in [2.75, 3.05) is 13.1 Å². The highest BCUT2D eigenvalue weighted by Gasteiger charge is 2.45. The Bertz CT molecular complexity index is 575. The Morgan fingerprint density at radius 1 is 1.27 bits per heavy atom. The quantitative estimate of drug-likeness (QED) is 0.909. The fourth-order valence-corrected chi connectivity index (χ4v) is 3.44. The first kappa shape index (κ1) is 15.0. The SMILES string of the molecule is O=C(O)N1C[C@H]2CC[C@@H](Oc3cccc(C(F)(F)F)c3)[C@H]2C1. The van der Waals surface area contributed by atoms with Crippen LogP contribution in [0.4, 0.5) is 18.0 Å². The van der Waals surface area contributed by atoms with Crippen molar-refractivity contribution < 1.29 is 27.8 Å². The molecule has 0 spiro atoms. The molecule has 0 radical (unpaired) electrons. The number of hydrogen-bond donors (Lipinski definition) is 1. The third kappa shape index (κ3) is 2.84. The van der Waals surface area contributed by atoms with Gasteiger partial charge < -0.3 is 14.7 Å². The highest BCUT2D eigenvalue weighted by atomic mass is 19.4. The average molecular weight is 315 g/mol. The summed E-state index contributed by atoms with van der Waals surface area (Å²) in [4.78, 5) is 12.4. The summed E-state index contributed by atoms with van der Waals surface area (Å²) in [5, 5.41) is 9.03. The summed E-state index contributed by atoms with van der Waals surface area (Å²) in [6.07, 6.45) is -3.98. The van der Waals surface area contributed by atoms with Crippen molar-refractivity contribution in [1.29, 1.82) is 0 Å². The van der Waals surface area contributed by atoms with Gasteiger partial charge in [-0.15, -0.1) is 0 Å². The van der Waals surface area contributed by atoms with Crippen LogP contribution in [0.15, 0.2) is 24.3 Å². The average Bonchev–Trinajstić information content (AvgIpc) is 3.00. The Morgan fingerprint density at radius 2 is 2.05 bits per heavy atom. The maximum absolute atomic E-state index is 12.7. The second kappa shape index (κ2) is 5.37. The van der Waals surface area contributed by atoms with Gasteiger partial charge in [-0.1, -0.05) is 6.07 Å². The molecule has 1 saturated carbocycles. The molecule has 1 aromatic rings. The van der Waals surface area contributed by atoms with Crippen LogP contribution in [0.5, 0.6) is 5.75 Å². The predicted molar refractivity (Wildman–Crippen MR) is 71.7 cm³/mol. The van der Waals surface area contributed by atoms with E-state index < -0.39 is 17.8 Å². The van der Waals surface area contributed by atoms with E-state index in [-0.39, 0.29) is 23.7 Å². The van der Waals surface area contributed by atoms with Gasteiger partial charge in [0.05, 0.1) is 5.56 Å². The molecule has 0 unspecified atom stereocenters. The summed E-state index contributed by atoms with van der Waals surface area (Å²) in [7, 11) is 0. The lowest BCUT2D eigenvalue weighted by Crippen LogP contribution is -2.31. The monoisotopic (exact) mass is 315 g/mol. The van der Waals surface area contributed by atoms with Gasteiger partial charge >= 0.3 is 12.3 Å². The van der Waals surface area contributed by atoms with E-state index in [1.54, 1.807) is 0 Å². The fraction of sp³-hybridized carbons (Fsp3) is 0.533. The molecule has 3 atom stereocenters. The molecule has 7 heteroatoms. The number of hydrogen-bond acceptors (Lipinski definition) is 2. The minimum atomic E-state index is -4.40. The van der Waals surface area contributed by atoms with Crippen molar-refractivity contribution in [3.8, 4) is 5.75 Å². The van der Waals surface area contributed by atoms with Gasteiger partial charge in [0.15, 0.2) is 0 Å². The van der Waals surface area contributed by atoms with Crippen LogP contribution in [0.1, 0.15) is 18.4 Å². The first-order chi connectivity index (χ1) is 10.3. The number of benzene rings is 1. The first-order valence-electron chi connectivity index (χ1n) is 7.16. The molecule has 1 heterocycles. The number of carboxylic acid groups (broad SMARTS) is 1. The molecule has 0 bridgehead atoms. The van der Waals surface area contributed by atoms with Crippen molar-refractivity contribution in [1.82, 2.24) is 4.90 Å². The summed E-state index contributed by atoms with van der Waals surface area (Å²) in [6.45, 7) is 0.881. The fourth-order valence-electron chi connectivity index (χ4n) is 3.44. The second-order valence-electron chi connectivity index (χ2n) is 5.87. The molecule has 1 N–H and O–H groups in total. The smallest absolute Gasteiger partial charge is 0.416 e. The molecule has 1 aromatic carbocycles. The maximum Gasteiger partial charge on any atom is 0.416 e. The Labute approximate surface area is 125 Å². The third-order valence-corrected chi connectivity index (χ3v) is 4.51. The molecular weight excluding hydrogens is 299 g/mol. The number of alkyl halides is 3. The summed E-state index contributed by atoms with van der Waals surface area (Å²) >= 11 is 0. The lowest BCUT2D eigenvalue weighted by molar-refractivity contribution is -0.137. The highest BCUT2D eigenvalue weighted by Crippen LogP contribution is 2.40. The van der Waals surface area contributed by atoms with Gasteiger partial charge in [-0.2, -0.15) is 13.2 Å². The largest absolute Gasteiger partial charge is 0.490 e. The van der Waals surface area contributed by atoms with Gasteiger partial charge in [-0.3, -0.25) is 0 Å². The predicted octanol–water partition coefficient (Wildman–Crippen LogP) is 3.47. The van der Waals surface area contributed by atoms with Gasteiger partial charge in [0, 0.05) is 19.0 Å². The topological polar surface area (TPSA) is 49.8 Å². The molecule has 0 aromatic heterocycles. The zero-order valence-electron chi connectivity index (χ0n) is 11.7. The number of rotatable bonds is 2. The summed E-state index contributed by atoms with van der Waals surface area (Å²) in [6, 6.07) is 4.83. The maximum atomic E-state index is 12.7. The van der Waals surface area contributed by atoms with E-state index in [0.717, 1.165) is 25.0 Å². The summed E-state index contributed by atoms with van der Waals surface area (Å²) < 4.78 is 43.9. The van der Waals surface area contributed by atoms with Crippen LogP contribution >= 0.6 is 0 Å². The Kier molecular flexibility index (Phi) is 3.66. The van der Waals surface area contributed by atoms with Crippen LogP contribution in [-0.2, 0) is 6.18 Å². The molecule has 120 valence electrons. The van der Waals surface area contributed by atoms with Crippen molar-refractivity contribution >= 4 is 6.09 Å². The number of fused-ring (bicyclic) bond motifs is 1. The second-order valence-corrected chi connectivity index (χ2v) is 5.87. The van der Waals surface area contributed by atoms with Gasteiger partial charge in [0.25, 0.3) is 0 Å². The van der Waals surface area contributed by atoms with Crippen LogP contribution in [0, 0.1) is 11.8 Å². The molecule has 1 saturated heterocycles. The molecule has 1 aliphatic carbocycles. The van der Waals surface area contributed by atoms with Crippen molar-refractivity contribution in [3.63, 3.8) is 0 Å². The lowest BCUT2D eigenvalue weighted by atomic mass is 9.99. The number of halogens is 3. The molecule has 22 heavy (non-hydrogen) atoms. The normalized spacial score (nSPS) is 27.8. The van der Waals surface area contributed by atoms with Crippen LogP contribution in [0.25, 0.3) is 0 Å². The highest BCUT2D eigenvalue weighted by molar-refractivity contribution is 5.65. The Morgan fingerprint density at radius 3 is 2.73 bits per heavy atom. The number of likely N-dealkylation sites (tertiary alicyclic amines) is 1. The first-order valence-corrected chi connectivity index (χ1v) is 7.16. The van der Waals surface area contributed by atoms with Crippen LogP contribution in [0.2, 0.25) is 0 Å². The van der Waals surface area contributed by atoms with Gasteiger partial charge in [-0.05, 0) is 37.0 Å². The minimum Gasteiger partial charge on any atom is -0.490 e. The number of nitrogens with zero attached hydrogens (tertiary/aromatic N) is 1.